The van der Waals surface area contributed by atoms with E-state index in [1.807, 2.05) is 19.9 Å². The van der Waals surface area contributed by atoms with Gasteiger partial charge in [0.15, 0.2) is 0 Å². The third-order valence-corrected chi connectivity index (χ3v) is 2.14. The van der Waals surface area contributed by atoms with Crippen LogP contribution in [-0.4, -0.2) is 12.6 Å². The van der Waals surface area contributed by atoms with E-state index in [1.54, 1.807) is 0 Å². The number of carbonyl (C=O) groups excluding carboxylic acids is 1. The predicted molar refractivity (Wildman–Crippen MR) is 59.1 cm³/mol. The minimum absolute atomic E-state index is 0.184. The number of hydrogen-bond acceptors (Lipinski definition) is 2. The maximum atomic E-state index is 11.3. The van der Waals surface area contributed by atoms with Crippen molar-refractivity contribution in [3.05, 3.63) is 11.6 Å². The second kappa shape index (κ2) is 7.60. The quantitative estimate of drug-likeness (QED) is 0.483. The SMILES string of the molecule is CCCC[C@H](C)/C=C(\C)C(=O)OCC. The van der Waals surface area contributed by atoms with Crippen molar-refractivity contribution in [3.63, 3.8) is 0 Å². The molecule has 0 amide bonds. The Morgan fingerprint density at radius 3 is 2.57 bits per heavy atom. The van der Waals surface area contributed by atoms with E-state index in [4.69, 9.17) is 4.74 Å². The van der Waals surface area contributed by atoms with Crippen molar-refractivity contribution in [3.8, 4) is 0 Å². The molecule has 0 rings (SSSR count). The lowest BCUT2D eigenvalue weighted by atomic mass is 10.0. The molecule has 0 aliphatic heterocycles. The van der Waals surface area contributed by atoms with Crippen LogP contribution < -0.4 is 0 Å². The molecule has 0 aliphatic rings. The molecule has 2 nitrogen and oxygen atoms in total. The first-order chi connectivity index (χ1) is 6.61. The number of rotatable bonds is 6. The molecule has 0 radical (unpaired) electrons. The van der Waals surface area contributed by atoms with Crippen LogP contribution in [0.3, 0.4) is 0 Å². The average Bonchev–Trinajstić information content (AvgIpc) is 2.15. The number of allylic oxidation sites excluding steroid dienone is 1. The van der Waals surface area contributed by atoms with Crippen LogP contribution >= 0.6 is 0 Å². The predicted octanol–water partition coefficient (Wildman–Crippen LogP) is 3.32. The Morgan fingerprint density at radius 1 is 1.43 bits per heavy atom. The molecule has 0 saturated carbocycles. The monoisotopic (exact) mass is 198 g/mol. The van der Waals surface area contributed by atoms with E-state index in [9.17, 15) is 4.79 Å². The van der Waals surface area contributed by atoms with Crippen LogP contribution in [0.15, 0.2) is 11.6 Å². The fourth-order valence-electron chi connectivity index (χ4n) is 1.35. The summed E-state index contributed by atoms with van der Waals surface area (Å²) in [6.07, 6.45) is 5.57. The first-order valence-corrected chi connectivity index (χ1v) is 5.47. The fraction of sp³-hybridized carbons (Fsp3) is 0.750. The van der Waals surface area contributed by atoms with Gasteiger partial charge in [0.05, 0.1) is 6.61 Å². The van der Waals surface area contributed by atoms with Gasteiger partial charge in [-0.3, -0.25) is 0 Å². The summed E-state index contributed by atoms with van der Waals surface area (Å²) in [4.78, 5) is 11.3. The van der Waals surface area contributed by atoms with Gasteiger partial charge in [0, 0.05) is 5.57 Å². The van der Waals surface area contributed by atoms with Crippen molar-refractivity contribution < 1.29 is 9.53 Å². The summed E-state index contributed by atoms with van der Waals surface area (Å²) >= 11 is 0. The first-order valence-electron chi connectivity index (χ1n) is 5.47. The van der Waals surface area contributed by atoms with Gasteiger partial charge in [-0.15, -0.1) is 0 Å². The molecule has 0 bridgehead atoms. The minimum atomic E-state index is -0.184. The third kappa shape index (κ3) is 5.79. The molecule has 0 aliphatic carbocycles. The highest BCUT2D eigenvalue weighted by Gasteiger charge is 2.06. The number of esters is 1. The second-order valence-electron chi connectivity index (χ2n) is 3.69. The Hall–Kier alpha value is -0.790. The van der Waals surface area contributed by atoms with Crippen molar-refractivity contribution in [1.29, 1.82) is 0 Å². The minimum Gasteiger partial charge on any atom is -0.463 e. The van der Waals surface area contributed by atoms with E-state index in [0.29, 0.717) is 12.5 Å². The molecule has 0 fully saturated rings. The molecular formula is C12H22O2. The molecule has 0 unspecified atom stereocenters. The Labute approximate surface area is 87.3 Å². The Balaban J connectivity index is 4.00. The Morgan fingerprint density at radius 2 is 2.07 bits per heavy atom. The standard InChI is InChI=1S/C12H22O2/c1-5-7-8-10(3)9-11(4)12(13)14-6-2/h9-10H,5-8H2,1-4H3/b11-9+/t10-/m0/s1. The summed E-state index contributed by atoms with van der Waals surface area (Å²) in [5.74, 6) is 0.287. The summed E-state index contributed by atoms with van der Waals surface area (Å²) in [7, 11) is 0. The van der Waals surface area contributed by atoms with Crippen molar-refractivity contribution in [2.75, 3.05) is 6.61 Å². The molecule has 0 heterocycles. The topological polar surface area (TPSA) is 26.3 Å². The zero-order valence-corrected chi connectivity index (χ0v) is 9.80. The van der Waals surface area contributed by atoms with Crippen molar-refractivity contribution in [2.45, 2.75) is 47.0 Å². The summed E-state index contributed by atoms with van der Waals surface area (Å²) in [6.45, 7) is 8.41. The van der Waals surface area contributed by atoms with Gasteiger partial charge >= 0.3 is 5.97 Å². The highest BCUT2D eigenvalue weighted by molar-refractivity contribution is 5.87. The van der Waals surface area contributed by atoms with E-state index in [2.05, 4.69) is 13.8 Å². The van der Waals surface area contributed by atoms with Gasteiger partial charge in [0.1, 0.15) is 0 Å². The lowest BCUT2D eigenvalue weighted by Crippen LogP contribution is -2.06. The molecule has 82 valence electrons. The summed E-state index contributed by atoms with van der Waals surface area (Å²) < 4.78 is 4.90. The normalized spacial score (nSPS) is 13.9. The van der Waals surface area contributed by atoms with E-state index in [1.165, 1.54) is 12.8 Å². The molecular weight excluding hydrogens is 176 g/mol. The van der Waals surface area contributed by atoms with Crippen LogP contribution in [0, 0.1) is 5.92 Å². The van der Waals surface area contributed by atoms with Crippen LogP contribution in [-0.2, 0) is 9.53 Å². The van der Waals surface area contributed by atoms with Gasteiger partial charge in [-0.2, -0.15) is 0 Å². The Kier molecular flexibility index (Phi) is 7.17. The van der Waals surface area contributed by atoms with E-state index in [0.717, 1.165) is 12.0 Å². The Bertz CT molecular complexity index is 194. The van der Waals surface area contributed by atoms with Gasteiger partial charge in [0.2, 0.25) is 0 Å². The van der Waals surface area contributed by atoms with Gasteiger partial charge in [-0.05, 0) is 26.2 Å². The molecule has 0 aromatic heterocycles. The van der Waals surface area contributed by atoms with Gasteiger partial charge in [-0.25, -0.2) is 4.79 Å². The smallest absolute Gasteiger partial charge is 0.333 e. The van der Waals surface area contributed by atoms with Crippen LogP contribution in [0.2, 0.25) is 0 Å². The van der Waals surface area contributed by atoms with E-state index < -0.39 is 0 Å². The lowest BCUT2D eigenvalue weighted by Gasteiger charge is -2.07. The van der Waals surface area contributed by atoms with Crippen molar-refractivity contribution in [1.82, 2.24) is 0 Å². The highest BCUT2D eigenvalue weighted by atomic mass is 16.5. The van der Waals surface area contributed by atoms with Gasteiger partial charge < -0.3 is 4.74 Å². The zero-order valence-electron chi connectivity index (χ0n) is 9.80. The zero-order chi connectivity index (χ0) is 11.0. The van der Waals surface area contributed by atoms with Crippen molar-refractivity contribution >= 4 is 5.97 Å². The van der Waals surface area contributed by atoms with Crippen LogP contribution in [0.5, 0.6) is 0 Å². The number of hydrogen-bond donors (Lipinski definition) is 0. The van der Waals surface area contributed by atoms with Gasteiger partial charge in [-0.1, -0.05) is 32.8 Å². The number of ether oxygens (including phenoxy) is 1. The molecule has 0 saturated heterocycles. The maximum Gasteiger partial charge on any atom is 0.333 e. The molecule has 0 N–H and O–H groups in total. The van der Waals surface area contributed by atoms with Crippen LogP contribution in [0.25, 0.3) is 0 Å². The third-order valence-electron chi connectivity index (χ3n) is 2.14. The maximum absolute atomic E-state index is 11.3. The first kappa shape index (κ1) is 13.2. The molecule has 14 heavy (non-hydrogen) atoms. The summed E-state index contributed by atoms with van der Waals surface area (Å²) in [6, 6.07) is 0. The second-order valence-corrected chi connectivity index (χ2v) is 3.69. The van der Waals surface area contributed by atoms with Crippen LogP contribution in [0.4, 0.5) is 0 Å². The largest absolute Gasteiger partial charge is 0.463 e. The van der Waals surface area contributed by atoms with E-state index in [-0.39, 0.29) is 5.97 Å². The van der Waals surface area contributed by atoms with Crippen molar-refractivity contribution in [2.24, 2.45) is 5.92 Å². The van der Waals surface area contributed by atoms with E-state index >= 15 is 0 Å². The fourth-order valence-corrected chi connectivity index (χ4v) is 1.35. The highest BCUT2D eigenvalue weighted by Crippen LogP contribution is 2.12. The summed E-state index contributed by atoms with van der Waals surface area (Å²) in [5.41, 5.74) is 0.732. The number of carbonyl (C=O) groups is 1. The molecule has 0 aromatic carbocycles. The average molecular weight is 198 g/mol. The number of unbranched alkanes of at least 4 members (excludes halogenated alkanes) is 1. The molecule has 0 spiro atoms. The summed E-state index contributed by atoms with van der Waals surface area (Å²) in [5, 5.41) is 0. The molecule has 1 atom stereocenters. The molecule has 0 aromatic rings. The van der Waals surface area contributed by atoms with Gasteiger partial charge in [0.25, 0.3) is 0 Å². The lowest BCUT2D eigenvalue weighted by molar-refractivity contribution is -0.138. The van der Waals surface area contributed by atoms with Crippen LogP contribution in [0.1, 0.15) is 47.0 Å². The molecule has 2 heteroatoms.